The Labute approximate surface area is 158 Å². The average Bonchev–Trinajstić information content (AvgIpc) is 3.45. The number of rotatable bonds is 7. The third-order valence-electron chi connectivity index (χ3n) is 4.30. The largest absolute Gasteiger partial charge is 0.465 e. The predicted octanol–water partition coefficient (Wildman–Crippen LogP) is 3.04. The first-order valence-corrected chi connectivity index (χ1v) is 10.1. The Morgan fingerprint density at radius 1 is 1.22 bits per heavy atom. The maximum Gasteiger partial charge on any atom is 0.337 e. The number of hydrogen-bond acceptors (Lipinski definition) is 6. The van der Waals surface area contributed by atoms with Crippen molar-refractivity contribution in [3.05, 3.63) is 47.5 Å². The van der Waals surface area contributed by atoms with Crippen LogP contribution in [-0.4, -0.2) is 28.0 Å². The second-order valence-corrected chi connectivity index (χ2v) is 8.16. The lowest BCUT2D eigenvalue weighted by atomic mass is 10.1. The minimum absolute atomic E-state index is 0.0645. The number of hydrogen-bond donors (Lipinski definition) is 2. The second kappa shape index (κ2) is 7.58. The van der Waals surface area contributed by atoms with E-state index in [9.17, 15) is 13.2 Å². The zero-order valence-electron chi connectivity index (χ0n) is 15.2. The summed E-state index contributed by atoms with van der Waals surface area (Å²) in [6.45, 7) is 2.59. The predicted molar refractivity (Wildman–Crippen MR) is 102 cm³/mol. The molecule has 3 N–H and O–H groups in total. The van der Waals surface area contributed by atoms with Gasteiger partial charge in [0.05, 0.1) is 18.4 Å². The molecule has 27 heavy (non-hydrogen) atoms. The second-order valence-electron chi connectivity index (χ2n) is 6.63. The number of benzene rings is 2. The van der Waals surface area contributed by atoms with Crippen molar-refractivity contribution < 1.29 is 22.7 Å². The van der Waals surface area contributed by atoms with E-state index in [0.717, 1.165) is 18.4 Å². The molecule has 1 aliphatic rings. The molecule has 3 rings (SSSR count). The van der Waals surface area contributed by atoms with Gasteiger partial charge in [0.1, 0.15) is 10.6 Å². The quantitative estimate of drug-likeness (QED) is 0.704. The Hall–Kier alpha value is -2.58. The van der Waals surface area contributed by atoms with E-state index in [1.165, 1.54) is 19.2 Å². The summed E-state index contributed by atoms with van der Waals surface area (Å²) in [5, 5.41) is 8.58. The molecule has 0 bridgehead atoms. The number of nitrogens with two attached hydrogens (primary N) is 1. The molecule has 8 heteroatoms. The zero-order valence-corrected chi connectivity index (χ0v) is 16.0. The molecule has 1 saturated carbocycles. The number of nitrogens with one attached hydrogen (secondary N) is 1. The lowest BCUT2D eigenvalue weighted by molar-refractivity contribution is 0.0600. The highest BCUT2D eigenvalue weighted by Crippen LogP contribution is 2.38. The minimum Gasteiger partial charge on any atom is -0.465 e. The molecular weight excluding hydrogens is 368 g/mol. The van der Waals surface area contributed by atoms with Gasteiger partial charge in [0.25, 0.3) is 0 Å². The van der Waals surface area contributed by atoms with Gasteiger partial charge in [-0.1, -0.05) is 17.7 Å². The highest BCUT2D eigenvalue weighted by molar-refractivity contribution is 7.89. The summed E-state index contributed by atoms with van der Waals surface area (Å²) in [6.07, 6.45) is 2.22. The van der Waals surface area contributed by atoms with Crippen molar-refractivity contribution in [3.63, 3.8) is 0 Å². The number of ether oxygens (including phenoxy) is 2. The summed E-state index contributed by atoms with van der Waals surface area (Å²) in [7, 11) is -2.92. The van der Waals surface area contributed by atoms with Crippen molar-refractivity contribution in [2.45, 2.75) is 24.7 Å². The van der Waals surface area contributed by atoms with E-state index >= 15 is 0 Å². The number of esters is 1. The van der Waals surface area contributed by atoms with Crippen LogP contribution in [0.1, 0.15) is 28.8 Å². The number of carbonyl (C=O) groups excluding carboxylic acids is 1. The number of primary sulfonamides is 1. The molecule has 2 aromatic carbocycles. The number of carbonyl (C=O) groups is 1. The highest BCUT2D eigenvalue weighted by atomic mass is 32.2. The first-order valence-electron chi connectivity index (χ1n) is 8.55. The molecular formula is C19H22N2O5S. The van der Waals surface area contributed by atoms with Gasteiger partial charge in [-0.3, -0.25) is 0 Å². The SMILES string of the molecule is COC(=O)c1cc(NCC2CC2)c(Oc2ccc(C)cc2)c(S(N)(=O)=O)c1. The molecule has 0 aromatic heterocycles. The van der Waals surface area contributed by atoms with Gasteiger partial charge in [-0.25, -0.2) is 18.4 Å². The summed E-state index contributed by atoms with van der Waals surface area (Å²) < 4.78 is 35.0. The summed E-state index contributed by atoms with van der Waals surface area (Å²) in [4.78, 5) is 11.7. The number of methoxy groups -OCH3 is 1. The molecule has 0 heterocycles. The molecule has 0 radical (unpaired) electrons. The first-order chi connectivity index (χ1) is 12.8. The highest BCUT2D eigenvalue weighted by Gasteiger charge is 2.26. The fourth-order valence-corrected chi connectivity index (χ4v) is 3.29. The molecule has 0 unspecified atom stereocenters. The van der Waals surface area contributed by atoms with E-state index in [1.807, 2.05) is 19.1 Å². The van der Waals surface area contributed by atoms with Crippen molar-refractivity contribution >= 4 is 21.7 Å². The smallest absolute Gasteiger partial charge is 0.337 e. The average molecular weight is 390 g/mol. The van der Waals surface area contributed by atoms with Crippen LogP contribution in [-0.2, 0) is 14.8 Å². The number of sulfonamides is 1. The van der Waals surface area contributed by atoms with Crippen molar-refractivity contribution in [3.8, 4) is 11.5 Å². The molecule has 0 aliphatic heterocycles. The van der Waals surface area contributed by atoms with Crippen LogP contribution in [0.3, 0.4) is 0 Å². The van der Waals surface area contributed by atoms with Crippen LogP contribution in [0.2, 0.25) is 0 Å². The Balaban J connectivity index is 2.09. The molecule has 0 amide bonds. The van der Waals surface area contributed by atoms with Crippen LogP contribution >= 0.6 is 0 Å². The molecule has 1 fully saturated rings. The lowest BCUT2D eigenvalue weighted by Crippen LogP contribution is -2.16. The van der Waals surface area contributed by atoms with Crippen molar-refractivity contribution in [1.29, 1.82) is 0 Å². The van der Waals surface area contributed by atoms with Crippen LogP contribution in [0.5, 0.6) is 11.5 Å². The first kappa shape index (κ1) is 19.2. The van der Waals surface area contributed by atoms with E-state index in [0.29, 0.717) is 23.9 Å². The van der Waals surface area contributed by atoms with E-state index in [2.05, 4.69) is 5.32 Å². The van der Waals surface area contributed by atoms with Gasteiger partial charge in [0, 0.05) is 6.54 Å². The van der Waals surface area contributed by atoms with Crippen LogP contribution in [0, 0.1) is 12.8 Å². The molecule has 0 spiro atoms. The Bertz CT molecular complexity index is 951. The number of aryl methyl sites for hydroxylation is 1. The molecule has 144 valence electrons. The maximum absolute atomic E-state index is 12.2. The lowest BCUT2D eigenvalue weighted by Gasteiger charge is -2.17. The van der Waals surface area contributed by atoms with Crippen LogP contribution < -0.4 is 15.2 Å². The minimum atomic E-state index is -4.14. The van der Waals surface area contributed by atoms with Crippen molar-refractivity contribution in [1.82, 2.24) is 0 Å². The van der Waals surface area contributed by atoms with E-state index in [4.69, 9.17) is 14.6 Å². The monoisotopic (exact) mass is 390 g/mol. The molecule has 2 aromatic rings. The van der Waals surface area contributed by atoms with E-state index in [1.54, 1.807) is 12.1 Å². The van der Waals surface area contributed by atoms with Gasteiger partial charge in [-0.2, -0.15) is 0 Å². The van der Waals surface area contributed by atoms with Crippen LogP contribution in [0.25, 0.3) is 0 Å². The Kier molecular flexibility index (Phi) is 5.38. The third kappa shape index (κ3) is 4.78. The summed E-state index contributed by atoms with van der Waals surface area (Å²) in [5.74, 6) is 0.397. The van der Waals surface area contributed by atoms with Gasteiger partial charge >= 0.3 is 5.97 Å². The summed E-state index contributed by atoms with van der Waals surface area (Å²) in [6, 6.07) is 9.87. The van der Waals surface area contributed by atoms with Gasteiger partial charge < -0.3 is 14.8 Å². The van der Waals surface area contributed by atoms with E-state index in [-0.39, 0.29) is 16.2 Å². The van der Waals surface area contributed by atoms with Crippen molar-refractivity contribution in [2.75, 3.05) is 19.0 Å². The maximum atomic E-state index is 12.2. The number of anilines is 1. The summed E-state index contributed by atoms with van der Waals surface area (Å²) >= 11 is 0. The topological polar surface area (TPSA) is 108 Å². The van der Waals surface area contributed by atoms with Crippen molar-refractivity contribution in [2.24, 2.45) is 11.1 Å². The van der Waals surface area contributed by atoms with Gasteiger partial charge in [-0.15, -0.1) is 0 Å². The molecule has 0 atom stereocenters. The fraction of sp³-hybridized carbons (Fsp3) is 0.316. The fourth-order valence-electron chi connectivity index (χ4n) is 2.59. The molecule has 7 nitrogen and oxygen atoms in total. The van der Waals surface area contributed by atoms with Gasteiger partial charge in [0.15, 0.2) is 5.75 Å². The summed E-state index contributed by atoms with van der Waals surface area (Å²) in [5.41, 5.74) is 1.51. The molecule has 0 saturated heterocycles. The normalized spacial score (nSPS) is 13.9. The Morgan fingerprint density at radius 3 is 2.44 bits per heavy atom. The standard InChI is InChI=1S/C19H22N2O5S/c1-12-3-7-15(8-4-12)26-18-16(21-11-13-5-6-13)9-14(19(22)25-2)10-17(18)27(20,23)24/h3-4,7-10,13,21H,5-6,11H2,1-2H3,(H2,20,23,24). The van der Waals surface area contributed by atoms with Crippen LogP contribution in [0.15, 0.2) is 41.3 Å². The third-order valence-corrected chi connectivity index (χ3v) is 5.22. The Morgan fingerprint density at radius 2 is 1.89 bits per heavy atom. The van der Waals surface area contributed by atoms with Gasteiger partial charge in [0.2, 0.25) is 10.0 Å². The zero-order chi connectivity index (χ0) is 19.6. The van der Waals surface area contributed by atoms with E-state index < -0.39 is 16.0 Å². The van der Waals surface area contributed by atoms with Gasteiger partial charge in [-0.05, 0) is 49.9 Å². The molecule has 1 aliphatic carbocycles. The van der Waals surface area contributed by atoms with Crippen LogP contribution in [0.4, 0.5) is 5.69 Å².